The van der Waals surface area contributed by atoms with E-state index in [1.54, 1.807) is 12.4 Å². The highest BCUT2D eigenvalue weighted by Gasteiger charge is 2.49. The molecule has 0 spiro atoms. The second-order valence-corrected chi connectivity index (χ2v) is 16.3. The summed E-state index contributed by atoms with van der Waals surface area (Å²) in [7, 11) is -2.02. The number of aromatic nitrogens is 3. The van der Waals surface area contributed by atoms with Gasteiger partial charge in [0.05, 0.1) is 18.4 Å². The van der Waals surface area contributed by atoms with E-state index in [1.807, 2.05) is 12.1 Å². The first-order valence-corrected chi connectivity index (χ1v) is 14.8. The van der Waals surface area contributed by atoms with Gasteiger partial charge in [0.2, 0.25) is 0 Å². The Balaban J connectivity index is 1.65. The Hall–Kier alpha value is -2.25. The Bertz CT molecular complexity index is 1110. The molecule has 1 atom stereocenters. The Kier molecular flexibility index (Phi) is 7.15. The summed E-state index contributed by atoms with van der Waals surface area (Å²) in [5.41, 5.74) is 3.91. The number of benzene rings is 1. The van der Waals surface area contributed by atoms with Gasteiger partial charge in [0, 0.05) is 6.54 Å². The van der Waals surface area contributed by atoms with E-state index < -0.39 is 8.07 Å². The normalized spacial score (nSPS) is 16.9. The molecule has 0 radical (unpaired) electrons. The van der Waals surface area contributed by atoms with Gasteiger partial charge >= 0.3 is 0 Å². The average Bonchev–Trinajstić information content (AvgIpc) is 3.44. The lowest BCUT2D eigenvalue weighted by atomic mass is 10.0. The van der Waals surface area contributed by atoms with Crippen molar-refractivity contribution in [3.05, 3.63) is 53.2 Å². The molecule has 5 nitrogen and oxygen atoms in total. The summed E-state index contributed by atoms with van der Waals surface area (Å²) < 4.78 is 19.8. The Morgan fingerprint density at radius 3 is 2.24 bits per heavy atom. The van der Waals surface area contributed by atoms with Crippen molar-refractivity contribution >= 4 is 31.0 Å². The van der Waals surface area contributed by atoms with Crippen LogP contribution >= 0.6 is 11.6 Å². The monoisotopic (exact) mass is 500 g/mol. The van der Waals surface area contributed by atoms with Gasteiger partial charge in [-0.05, 0) is 47.2 Å². The predicted octanol–water partition coefficient (Wildman–Crippen LogP) is 7.15. The maximum absolute atomic E-state index is 13.4. The summed E-state index contributed by atoms with van der Waals surface area (Å²) in [6.07, 6.45) is 5.51. The molecule has 1 fully saturated rings. The topological polar surface area (TPSA) is 55.1 Å². The van der Waals surface area contributed by atoms with Crippen molar-refractivity contribution in [2.24, 2.45) is 0 Å². The molecule has 0 N–H and O–H groups in total. The molecule has 0 saturated carbocycles. The van der Waals surface area contributed by atoms with Crippen LogP contribution in [0.5, 0.6) is 0 Å². The first kappa shape index (κ1) is 24.9. The number of halogens is 2. The van der Waals surface area contributed by atoms with Crippen molar-refractivity contribution in [2.45, 2.75) is 77.0 Å². The summed E-state index contributed by atoms with van der Waals surface area (Å²) in [6.45, 7) is 14.5. The number of nitrogens with zero attached hydrogens (tertiary/aromatic N) is 4. The van der Waals surface area contributed by atoms with Crippen molar-refractivity contribution < 1.29 is 8.81 Å². The number of hydrogen-bond donors (Lipinski definition) is 0. The molecule has 0 amide bonds. The van der Waals surface area contributed by atoms with Gasteiger partial charge in [0.1, 0.15) is 17.3 Å². The Morgan fingerprint density at radius 2 is 1.65 bits per heavy atom. The number of anilines is 1. The molecular formula is C26H34ClFN4OSi. The minimum absolute atomic E-state index is 0.128. The SMILES string of the molecule is CC(C)[Si](c1ncc(-c2ncc(N3CCCC3c3ccc(F)cc3)nc2Cl)o1)(C(C)C)C(C)C. The summed E-state index contributed by atoms with van der Waals surface area (Å²) in [5, 5.41) is 0.302. The van der Waals surface area contributed by atoms with Gasteiger partial charge in [0.15, 0.2) is 24.5 Å². The second kappa shape index (κ2) is 9.78. The van der Waals surface area contributed by atoms with Crippen molar-refractivity contribution in [2.75, 3.05) is 11.4 Å². The predicted molar refractivity (Wildman–Crippen MR) is 139 cm³/mol. The van der Waals surface area contributed by atoms with Crippen molar-refractivity contribution in [3.63, 3.8) is 0 Å². The maximum atomic E-state index is 13.4. The van der Waals surface area contributed by atoms with Crippen LogP contribution in [0.25, 0.3) is 11.5 Å². The lowest BCUT2D eigenvalue weighted by molar-refractivity contribution is 0.591. The molecule has 1 aliphatic heterocycles. The van der Waals surface area contributed by atoms with Crippen molar-refractivity contribution in [1.29, 1.82) is 0 Å². The summed E-state index contributed by atoms with van der Waals surface area (Å²) in [4.78, 5) is 16.3. The molecule has 1 aromatic carbocycles. The van der Waals surface area contributed by atoms with Crippen LogP contribution in [0.1, 0.15) is 66.0 Å². The van der Waals surface area contributed by atoms with E-state index in [4.69, 9.17) is 21.0 Å². The van der Waals surface area contributed by atoms with E-state index in [0.717, 1.165) is 36.3 Å². The minimum Gasteiger partial charge on any atom is -0.444 e. The van der Waals surface area contributed by atoms with Gasteiger partial charge < -0.3 is 9.32 Å². The first-order valence-electron chi connectivity index (χ1n) is 12.2. The van der Waals surface area contributed by atoms with E-state index in [0.29, 0.717) is 33.2 Å². The Morgan fingerprint density at radius 1 is 1.00 bits per heavy atom. The molecule has 34 heavy (non-hydrogen) atoms. The summed E-state index contributed by atoms with van der Waals surface area (Å²) >= 11 is 6.64. The van der Waals surface area contributed by atoms with Crippen molar-refractivity contribution in [3.8, 4) is 11.5 Å². The van der Waals surface area contributed by atoms with Crippen LogP contribution in [0.4, 0.5) is 10.2 Å². The molecular weight excluding hydrogens is 467 g/mol. The van der Waals surface area contributed by atoms with E-state index in [1.165, 1.54) is 12.1 Å². The van der Waals surface area contributed by atoms with Crippen LogP contribution < -0.4 is 10.4 Å². The highest BCUT2D eigenvalue weighted by Crippen LogP contribution is 2.42. The molecule has 3 heterocycles. The molecule has 8 heteroatoms. The standard InChI is InChI=1S/C26H34ClFN4OSi/c1-16(2)34(17(3)4,18(5)6)26-30-14-22(33-26)24-25(27)31-23(15-29-24)32-13-7-8-21(32)19-9-11-20(28)12-10-19/h9-12,14-18,21H,7-8,13H2,1-6H3. The van der Waals surface area contributed by atoms with Crippen LogP contribution in [0.2, 0.25) is 21.8 Å². The van der Waals surface area contributed by atoms with Gasteiger partial charge in [-0.25, -0.2) is 19.3 Å². The molecule has 3 aromatic rings. The average molecular weight is 501 g/mol. The third kappa shape index (κ3) is 4.28. The quantitative estimate of drug-likeness (QED) is 0.322. The van der Waals surface area contributed by atoms with Gasteiger partial charge in [-0.15, -0.1) is 0 Å². The fourth-order valence-corrected chi connectivity index (χ4v) is 12.3. The van der Waals surface area contributed by atoms with Gasteiger partial charge in [-0.1, -0.05) is 65.3 Å². The van der Waals surface area contributed by atoms with E-state index in [9.17, 15) is 4.39 Å². The van der Waals surface area contributed by atoms with Crippen LogP contribution in [0.15, 0.2) is 41.1 Å². The first-order chi connectivity index (χ1) is 16.2. The molecule has 1 saturated heterocycles. The molecule has 4 rings (SSSR count). The fraction of sp³-hybridized carbons (Fsp3) is 0.500. The highest BCUT2D eigenvalue weighted by molar-refractivity contribution is 6.93. The minimum atomic E-state index is -2.02. The second-order valence-electron chi connectivity index (χ2n) is 10.2. The molecule has 0 aliphatic carbocycles. The maximum Gasteiger partial charge on any atom is 0.175 e. The third-order valence-corrected chi connectivity index (χ3v) is 14.5. The molecule has 182 valence electrons. The zero-order chi connectivity index (χ0) is 24.6. The van der Waals surface area contributed by atoms with Crippen LogP contribution in [0, 0.1) is 5.82 Å². The van der Waals surface area contributed by atoms with E-state index in [-0.39, 0.29) is 11.9 Å². The van der Waals surface area contributed by atoms with Crippen molar-refractivity contribution in [1.82, 2.24) is 15.0 Å². The number of rotatable bonds is 7. The smallest absolute Gasteiger partial charge is 0.175 e. The van der Waals surface area contributed by atoms with Crippen LogP contribution in [-0.4, -0.2) is 29.6 Å². The molecule has 2 aromatic heterocycles. The third-order valence-electron chi connectivity index (χ3n) is 7.49. The molecule has 1 aliphatic rings. The summed E-state index contributed by atoms with van der Waals surface area (Å²) in [5.74, 6) is 1.05. The van der Waals surface area contributed by atoms with Gasteiger partial charge in [-0.3, -0.25) is 0 Å². The van der Waals surface area contributed by atoms with Crippen LogP contribution in [0.3, 0.4) is 0 Å². The zero-order valence-electron chi connectivity index (χ0n) is 20.8. The van der Waals surface area contributed by atoms with E-state index >= 15 is 0 Å². The molecule has 0 bridgehead atoms. The van der Waals surface area contributed by atoms with Crippen LogP contribution in [-0.2, 0) is 0 Å². The van der Waals surface area contributed by atoms with Gasteiger partial charge in [-0.2, -0.15) is 0 Å². The number of hydrogen-bond acceptors (Lipinski definition) is 5. The lowest BCUT2D eigenvalue weighted by Gasteiger charge is -2.39. The zero-order valence-corrected chi connectivity index (χ0v) is 22.6. The molecule has 1 unspecified atom stereocenters. The Labute approximate surface area is 207 Å². The lowest BCUT2D eigenvalue weighted by Crippen LogP contribution is -2.56. The largest absolute Gasteiger partial charge is 0.444 e. The number of oxazole rings is 1. The van der Waals surface area contributed by atoms with E-state index in [2.05, 4.69) is 56.4 Å². The van der Waals surface area contributed by atoms with Gasteiger partial charge in [0.25, 0.3) is 0 Å². The fourth-order valence-electron chi connectivity index (χ4n) is 6.06. The summed E-state index contributed by atoms with van der Waals surface area (Å²) in [6, 6.07) is 6.81. The highest BCUT2D eigenvalue weighted by atomic mass is 35.5.